The van der Waals surface area contributed by atoms with Crippen LogP contribution in [-0.2, 0) is 14.3 Å². The molecule has 0 aromatic rings. The smallest absolute Gasteiger partial charge is 0.303 e. The summed E-state index contributed by atoms with van der Waals surface area (Å²) in [6.07, 6.45) is 4.20. The summed E-state index contributed by atoms with van der Waals surface area (Å²) in [4.78, 5) is 22.0. The first-order valence-corrected chi connectivity index (χ1v) is 7.16. The van der Waals surface area contributed by atoms with Crippen LogP contribution < -0.4 is 5.32 Å². The molecule has 0 fully saturated rings. The lowest BCUT2D eigenvalue weighted by molar-refractivity contribution is -0.137. The average Bonchev–Trinajstić information content (AvgIpc) is 2.36. The Morgan fingerprint density at radius 1 is 1.16 bits per heavy atom. The average molecular weight is 273 g/mol. The van der Waals surface area contributed by atoms with Gasteiger partial charge in [0.15, 0.2) is 0 Å². The molecule has 0 bridgehead atoms. The summed E-state index contributed by atoms with van der Waals surface area (Å²) in [5, 5.41) is 11.5. The van der Waals surface area contributed by atoms with Crippen LogP contribution in [0.25, 0.3) is 0 Å². The molecule has 0 rings (SSSR count). The number of nitrogens with one attached hydrogen (secondary N) is 1. The van der Waals surface area contributed by atoms with Crippen LogP contribution in [0.5, 0.6) is 0 Å². The molecule has 19 heavy (non-hydrogen) atoms. The Balaban J connectivity index is 3.72. The molecule has 1 atom stereocenters. The fourth-order valence-electron chi connectivity index (χ4n) is 1.98. The summed E-state index contributed by atoms with van der Waals surface area (Å²) in [6, 6.07) is 0. The molecule has 0 saturated carbocycles. The van der Waals surface area contributed by atoms with Crippen molar-refractivity contribution in [2.45, 2.75) is 52.4 Å². The van der Waals surface area contributed by atoms with Gasteiger partial charge in [0.2, 0.25) is 5.91 Å². The molecule has 0 heterocycles. The molecule has 0 saturated heterocycles. The lowest BCUT2D eigenvalue weighted by atomic mass is 9.94. The van der Waals surface area contributed by atoms with Gasteiger partial charge >= 0.3 is 5.97 Å². The zero-order chi connectivity index (χ0) is 14.5. The van der Waals surface area contributed by atoms with E-state index in [4.69, 9.17) is 9.84 Å². The number of carbonyl (C=O) groups excluding carboxylic acids is 1. The first-order chi connectivity index (χ1) is 9.10. The predicted octanol–water partition coefficient (Wildman–Crippen LogP) is 2.20. The van der Waals surface area contributed by atoms with Gasteiger partial charge in [0.05, 0.1) is 6.61 Å². The van der Waals surface area contributed by atoms with Crippen molar-refractivity contribution >= 4 is 11.9 Å². The van der Waals surface area contributed by atoms with Crippen LogP contribution in [0.15, 0.2) is 0 Å². The van der Waals surface area contributed by atoms with E-state index >= 15 is 0 Å². The Kier molecular flexibility index (Phi) is 11.3. The summed E-state index contributed by atoms with van der Waals surface area (Å²) >= 11 is 0. The third-order valence-electron chi connectivity index (χ3n) is 3.02. The van der Waals surface area contributed by atoms with Crippen LogP contribution >= 0.6 is 0 Å². The number of carboxylic acids is 1. The third kappa shape index (κ3) is 11.7. The highest BCUT2D eigenvalue weighted by Gasteiger charge is 2.10. The largest absolute Gasteiger partial charge is 0.481 e. The molecule has 2 N–H and O–H groups in total. The van der Waals surface area contributed by atoms with Gasteiger partial charge in [-0.3, -0.25) is 9.59 Å². The summed E-state index contributed by atoms with van der Waals surface area (Å²) < 4.78 is 5.11. The Morgan fingerprint density at radius 2 is 1.89 bits per heavy atom. The summed E-state index contributed by atoms with van der Waals surface area (Å²) in [7, 11) is 0. The van der Waals surface area contributed by atoms with E-state index in [1.54, 1.807) is 0 Å². The number of amides is 1. The monoisotopic (exact) mass is 273 g/mol. The molecule has 1 unspecified atom stereocenters. The number of hydrogen-bond acceptors (Lipinski definition) is 3. The maximum Gasteiger partial charge on any atom is 0.303 e. The topological polar surface area (TPSA) is 75.6 Å². The van der Waals surface area contributed by atoms with E-state index in [-0.39, 0.29) is 12.3 Å². The second kappa shape index (κ2) is 12.0. The van der Waals surface area contributed by atoms with Crippen molar-refractivity contribution in [2.75, 3.05) is 19.8 Å². The highest BCUT2D eigenvalue weighted by atomic mass is 16.5. The molecule has 0 radical (unpaired) electrons. The molecule has 0 aromatic heterocycles. The van der Waals surface area contributed by atoms with Crippen molar-refractivity contribution in [2.24, 2.45) is 5.92 Å². The van der Waals surface area contributed by atoms with Crippen molar-refractivity contribution in [1.29, 1.82) is 0 Å². The fourth-order valence-corrected chi connectivity index (χ4v) is 1.98. The number of carbonyl (C=O) groups is 2. The van der Waals surface area contributed by atoms with Gasteiger partial charge in [-0.05, 0) is 25.7 Å². The molecule has 5 heteroatoms. The van der Waals surface area contributed by atoms with E-state index in [1.165, 1.54) is 0 Å². The lowest BCUT2D eigenvalue weighted by Crippen LogP contribution is -2.27. The van der Waals surface area contributed by atoms with Crippen molar-refractivity contribution in [1.82, 2.24) is 5.32 Å². The van der Waals surface area contributed by atoms with Gasteiger partial charge in [0.1, 0.15) is 0 Å². The van der Waals surface area contributed by atoms with Crippen molar-refractivity contribution < 1.29 is 19.4 Å². The van der Waals surface area contributed by atoms with E-state index < -0.39 is 5.97 Å². The first-order valence-electron chi connectivity index (χ1n) is 7.16. The molecule has 0 spiro atoms. The third-order valence-corrected chi connectivity index (χ3v) is 3.02. The molecule has 0 aliphatic heterocycles. The lowest BCUT2D eigenvalue weighted by Gasteiger charge is -2.15. The standard InChI is InChI=1S/C14H27NO4/c1-3-5-12(6-7-14(17)18)8-10-15-13(16)9-11-19-4-2/h12H,3-11H2,1-2H3,(H,15,16)(H,17,18). The maximum absolute atomic E-state index is 11.4. The Labute approximate surface area is 115 Å². The van der Waals surface area contributed by atoms with Gasteiger partial charge in [-0.25, -0.2) is 0 Å². The van der Waals surface area contributed by atoms with E-state index in [2.05, 4.69) is 12.2 Å². The zero-order valence-corrected chi connectivity index (χ0v) is 12.1. The summed E-state index contributed by atoms with van der Waals surface area (Å²) in [5.41, 5.74) is 0. The molecular formula is C14H27NO4. The van der Waals surface area contributed by atoms with Gasteiger partial charge in [0.25, 0.3) is 0 Å². The Hall–Kier alpha value is -1.10. The zero-order valence-electron chi connectivity index (χ0n) is 12.1. The van der Waals surface area contributed by atoms with Crippen LogP contribution in [0, 0.1) is 5.92 Å². The van der Waals surface area contributed by atoms with Gasteiger partial charge in [0, 0.05) is 26.0 Å². The molecule has 112 valence electrons. The van der Waals surface area contributed by atoms with E-state index in [0.717, 1.165) is 19.3 Å². The van der Waals surface area contributed by atoms with Crippen LogP contribution in [0.4, 0.5) is 0 Å². The minimum absolute atomic E-state index is 0.00179. The van der Waals surface area contributed by atoms with E-state index in [9.17, 15) is 9.59 Å². The molecule has 0 aromatic carbocycles. The molecule has 1 amide bonds. The van der Waals surface area contributed by atoms with Crippen LogP contribution in [0.1, 0.15) is 52.4 Å². The van der Waals surface area contributed by atoms with Gasteiger partial charge < -0.3 is 15.2 Å². The maximum atomic E-state index is 11.4. The summed E-state index contributed by atoms with van der Waals surface area (Å²) in [6.45, 7) is 5.69. The number of hydrogen-bond donors (Lipinski definition) is 2. The second-order valence-electron chi connectivity index (χ2n) is 4.67. The van der Waals surface area contributed by atoms with Crippen LogP contribution in [0.2, 0.25) is 0 Å². The van der Waals surface area contributed by atoms with Crippen molar-refractivity contribution in [3.8, 4) is 0 Å². The number of aliphatic carboxylic acids is 1. The van der Waals surface area contributed by atoms with E-state index in [1.807, 2.05) is 6.92 Å². The van der Waals surface area contributed by atoms with Crippen LogP contribution in [-0.4, -0.2) is 36.7 Å². The molecular weight excluding hydrogens is 246 g/mol. The summed E-state index contributed by atoms with van der Waals surface area (Å²) in [5.74, 6) is -0.364. The van der Waals surface area contributed by atoms with Gasteiger partial charge in [-0.2, -0.15) is 0 Å². The van der Waals surface area contributed by atoms with Gasteiger partial charge in [-0.15, -0.1) is 0 Å². The minimum Gasteiger partial charge on any atom is -0.481 e. The van der Waals surface area contributed by atoms with E-state index in [0.29, 0.717) is 38.5 Å². The highest BCUT2D eigenvalue weighted by Crippen LogP contribution is 2.17. The first kappa shape index (κ1) is 17.9. The molecule has 5 nitrogen and oxygen atoms in total. The number of rotatable bonds is 12. The normalized spacial score (nSPS) is 12.1. The Morgan fingerprint density at radius 3 is 2.47 bits per heavy atom. The predicted molar refractivity (Wildman–Crippen MR) is 74.0 cm³/mol. The molecule has 0 aliphatic carbocycles. The second-order valence-corrected chi connectivity index (χ2v) is 4.67. The number of carboxylic acid groups (broad SMARTS) is 1. The van der Waals surface area contributed by atoms with Gasteiger partial charge in [-0.1, -0.05) is 19.8 Å². The van der Waals surface area contributed by atoms with Crippen LogP contribution in [0.3, 0.4) is 0 Å². The van der Waals surface area contributed by atoms with Crippen molar-refractivity contribution in [3.63, 3.8) is 0 Å². The molecule has 0 aliphatic rings. The SMILES string of the molecule is CCCC(CCNC(=O)CCOCC)CCC(=O)O. The Bertz CT molecular complexity index is 256. The number of ether oxygens (including phenoxy) is 1. The van der Waals surface area contributed by atoms with Crippen molar-refractivity contribution in [3.05, 3.63) is 0 Å². The minimum atomic E-state index is -0.748. The highest BCUT2D eigenvalue weighted by molar-refractivity contribution is 5.75. The quantitative estimate of drug-likeness (QED) is 0.534. The fraction of sp³-hybridized carbons (Fsp3) is 0.857.